The first-order chi connectivity index (χ1) is 13.6. The summed E-state index contributed by atoms with van der Waals surface area (Å²) in [5.41, 5.74) is 1.55. The minimum atomic E-state index is 0.111. The third-order valence-electron chi connectivity index (χ3n) is 4.35. The van der Waals surface area contributed by atoms with Crippen molar-refractivity contribution >= 4 is 23.1 Å². The Labute approximate surface area is 163 Å². The fraction of sp³-hybridized carbons (Fsp3) is 0.300. The van der Waals surface area contributed by atoms with Crippen molar-refractivity contribution < 1.29 is 9.53 Å². The largest absolute Gasteiger partial charge is 0.437 e. The summed E-state index contributed by atoms with van der Waals surface area (Å²) in [4.78, 5) is 22.1. The Hall–Kier alpha value is -3.60. The van der Waals surface area contributed by atoms with Crippen molar-refractivity contribution in [3.8, 4) is 11.8 Å². The molecule has 0 bridgehead atoms. The molecule has 1 aliphatic heterocycles. The van der Waals surface area contributed by atoms with E-state index >= 15 is 0 Å². The number of allylic oxidation sites excluding steroid dienone is 1. The Morgan fingerprint density at radius 2 is 2.18 bits per heavy atom. The number of ether oxygens (including phenoxy) is 1. The lowest BCUT2D eigenvalue weighted by atomic mass is 10.2. The number of fused-ring (bicyclic) bond motifs is 1. The number of rotatable bonds is 7. The predicted octanol–water partition coefficient (Wildman–Crippen LogP) is 2.84. The molecule has 0 saturated carbocycles. The van der Waals surface area contributed by atoms with Gasteiger partial charge in [0.1, 0.15) is 11.6 Å². The van der Waals surface area contributed by atoms with Crippen LogP contribution in [0.5, 0.6) is 5.75 Å². The molecule has 0 unspecified atom stereocenters. The van der Waals surface area contributed by atoms with Gasteiger partial charge in [0.05, 0.1) is 11.4 Å². The number of hydrogen-bond donors (Lipinski definition) is 2. The summed E-state index contributed by atoms with van der Waals surface area (Å²) in [5, 5.41) is 15.8. The fourth-order valence-corrected chi connectivity index (χ4v) is 2.64. The molecule has 2 heterocycles. The normalized spacial score (nSPS) is 13.6. The maximum atomic E-state index is 11.8. The second kappa shape index (κ2) is 8.86. The summed E-state index contributed by atoms with van der Waals surface area (Å²) in [5.74, 6) is 1.53. The Bertz CT molecular complexity index is 907. The van der Waals surface area contributed by atoms with Gasteiger partial charge in [-0.25, -0.2) is 9.97 Å². The molecule has 0 spiro atoms. The number of anilines is 2. The summed E-state index contributed by atoms with van der Waals surface area (Å²) < 4.78 is 5.74. The number of nitrogens with one attached hydrogen (secondary N) is 2. The van der Waals surface area contributed by atoms with Crippen molar-refractivity contribution in [2.24, 2.45) is 0 Å². The summed E-state index contributed by atoms with van der Waals surface area (Å²) >= 11 is 0. The molecule has 2 aromatic rings. The van der Waals surface area contributed by atoms with Crippen LogP contribution in [0.15, 0.2) is 42.4 Å². The van der Waals surface area contributed by atoms with Crippen LogP contribution in [0.25, 0.3) is 5.57 Å². The van der Waals surface area contributed by atoms with Crippen LogP contribution >= 0.6 is 0 Å². The first-order valence-electron chi connectivity index (χ1n) is 9.12. The molecular weight excluding hydrogens is 356 g/mol. The van der Waals surface area contributed by atoms with E-state index in [4.69, 9.17) is 4.74 Å². The molecule has 3 rings (SSSR count). The van der Waals surface area contributed by atoms with E-state index < -0.39 is 0 Å². The number of para-hydroxylation sites is 2. The number of nitrogens with zero attached hydrogens (tertiary/aromatic N) is 4. The maximum Gasteiger partial charge on any atom is 0.223 e. The average molecular weight is 378 g/mol. The molecule has 144 valence electrons. The van der Waals surface area contributed by atoms with Gasteiger partial charge in [-0.05, 0) is 31.5 Å². The lowest BCUT2D eigenvalue weighted by Gasteiger charge is -2.14. The van der Waals surface area contributed by atoms with Gasteiger partial charge < -0.3 is 20.3 Å². The monoisotopic (exact) mass is 378 g/mol. The number of carbonyl (C=O) groups is 1. The van der Waals surface area contributed by atoms with Crippen LogP contribution in [0, 0.1) is 11.3 Å². The van der Waals surface area contributed by atoms with Gasteiger partial charge in [0, 0.05) is 32.8 Å². The zero-order valence-corrected chi connectivity index (χ0v) is 15.9. The minimum absolute atomic E-state index is 0.111. The Morgan fingerprint density at radius 1 is 1.36 bits per heavy atom. The molecule has 0 atom stereocenters. The van der Waals surface area contributed by atoms with Gasteiger partial charge in [-0.15, -0.1) is 0 Å². The highest BCUT2D eigenvalue weighted by Gasteiger charge is 2.21. The minimum Gasteiger partial charge on any atom is -0.437 e. The lowest BCUT2D eigenvalue weighted by molar-refractivity contribution is -0.129. The number of carbonyl (C=O) groups excluding carboxylic acids is 1. The summed E-state index contributed by atoms with van der Waals surface area (Å²) in [6.45, 7) is 3.20. The molecule has 2 N–H and O–H groups in total. The van der Waals surface area contributed by atoms with Gasteiger partial charge in [0.25, 0.3) is 0 Å². The topological polar surface area (TPSA) is 103 Å². The van der Waals surface area contributed by atoms with E-state index in [9.17, 15) is 10.1 Å². The Balaban J connectivity index is 1.65. The molecule has 0 radical (unpaired) electrons. The van der Waals surface area contributed by atoms with E-state index in [1.54, 1.807) is 24.2 Å². The first-order valence-corrected chi connectivity index (χ1v) is 9.12. The molecule has 8 heteroatoms. The summed E-state index contributed by atoms with van der Waals surface area (Å²) in [6, 6.07) is 11.3. The molecule has 1 aromatic carbocycles. The van der Waals surface area contributed by atoms with Gasteiger partial charge >= 0.3 is 0 Å². The zero-order valence-electron chi connectivity index (χ0n) is 15.9. The molecule has 1 aliphatic rings. The van der Waals surface area contributed by atoms with E-state index in [0.717, 1.165) is 5.69 Å². The highest BCUT2D eigenvalue weighted by molar-refractivity contribution is 5.81. The Kier molecular flexibility index (Phi) is 6.07. The number of hydrogen-bond acceptors (Lipinski definition) is 7. The SMILES string of the molecule is CCN(C)C(=O)CCCNc1nccc(/C(C#N)=C2\Nc3ccccc3O2)n1. The van der Waals surface area contributed by atoms with Crippen LogP contribution in [0.3, 0.4) is 0 Å². The van der Waals surface area contributed by atoms with E-state index in [-0.39, 0.29) is 5.91 Å². The van der Waals surface area contributed by atoms with Crippen LogP contribution in [0.4, 0.5) is 11.6 Å². The molecular formula is C20H22N6O2. The van der Waals surface area contributed by atoms with Crippen molar-refractivity contribution in [3.05, 3.63) is 48.1 Å². The average Bonchev–Trinajstić information content (AvgIpc) is 3.15. The van der Waals surface area contributed by atoms with E-state index in [1.807, 2.05) is 31.2 Å². The van der Waals surface area contributed by atoms with Crippen LogP contribution < -0.4 is 15.4 Å². The number of benzene rings is 1. The Morgan fingerprint density at radius 3 is 2.93 bits per heavy atom. The zero-order chi connectivity index (χ0) is 19.9. The van der Waals surface area contributed by atoms with Gasteiger partial charge in [-0.3, -0.25) is 4.79 Å². The standard InChI is InChI=1S/C20H22N6O2/c1-3-26(2)18(27)9-6-11-22-20-23-12-10-15(25-20)14(13-21)19-24-16-7-4-5-8-17(16)28-19/h4-5,7-8,10,12,24H,3,6,9,11H2,1-2H3,(H,22,23,25)/b19-14+. The third-order valence-corrected chi connectivity index (χ3v) is 4.35. The molecule has 8 nitrogen and oxygen atoms in total. The predicted molar refractivity (Wildman–Crippen MR) is 106 cm³/mol. The quantitative estimate of drug-likeness (QED) is 0.564. The molecule has 1 aromatic heterocycles. The van der Waals surface area contributed by atoms with E-state index in [0.29, 0.717) is 54.8 Å². The van der Waals surface area contributed by atoms with Crippen molar-refractivity contribution in [2.75, 3.05) is 30.8 Å². The lowest BCUT2D eigenvalue weighted by Crippen LogP contribution is -2.26. The number of aromatic nitrogens is 2. The smallest absolute Gasteiger partial charge is 0.223 e. The highest BCUT2D eigenvalue weighted by Crippen LogP contribution is 2.35. The first kappa shape index (κ1) is 19.2. The third kappa shape index (κ3) is 4.38. The summed E-state index contributed by atoms with van der Waals surface area (Å²) in [6.07, 6.45) is 2.71. The van der Waals surface area contributed by atoms with Gasteiger partial charge in [0.15, 0.2) is 5.75 Å². The molecule has 0 aliphatic carbocycles. The number of nitriles is 1. The molecule has 28 heavy (non-hydrogen) atoms. The van der Waals surface area contributed by atoms with Crippen molar-refractivity contribution in [1.29, 1.82) is 5.26 Å². The van der Waals surface area contributed by atoms with E-state index in [1.165, 1.54) is 0 Å². The van der Waals surface area contributed by atoms with Gasteiger partial charge in [-0.1, -0.05) is 12.1 Å². The van der Waals surface area contributed by atoms with Crippen LogP contribution in [-0.2, 0) is 4.79 Å². The van der Waals surface area contributed by atoms with Crippen LogP contribution in [0.2, 0.25) is 0 Å². The van der Waals surface area contributed by atoms with E-state index in [2.05, 4.69) is 26.7 Å². The van der Waals surface area contributed by atoms with Crippen molar-refractivity contribution in [3.63, 3.8) is 0 Å². The second-order valence-electron chi connectivity index (χ2n) is 6.24. The maximum absolute atomic E-state index is 11.8. The number of amides is 1. The van der Waals surface area contributed by atoms with Gasteiger partial charge in [0.2, 0.25) is 17.7 Å². The molecule has 1 amide bonds. The highest BCUT2D eigenvalue weighted by atomic mass is 16.5. The van der Waals surface area contributed by atoms with Gasteiger partial charge in [-0.2, -0.15) is 5.26 Å². The van der Waals surface area contributed by atoms with Crippen LogP contribution in [0.1, 0.15) is 25.5 Å². The van der Waals surface area contributed by atoms with Crippen LogP contribution in [-0.4, -0.2) is 40.9 Å². The second-order valence-corrected chi connectivity index (χ2v) is 6.24. The van der Waals surface area contributed by atoms with Crippen molar-refractivity contribution in [2.45, 2.75) is 19.8 Å². The van der Waals surface area contributed by atoms with Crippen molar-refractivity contribution in [1.82, 2.24) is 14.9 Å². The molecule has 0 saturated heterocycles. The fourth-order valence-electron chi connectivity index (χ4n) is 2.64. The molecule has 0 fully saturated rings. The summed E-state index contributed by atoms with van der Waals surface area (Å²) in [7, 11) is 1.79.